The molecule has 1 aromatic carbocycles. The zero-order valence-corrected chi connectivity index (χ0v) is 9.61. The third-order valence-corrected chi connectivity index (χ3v) is 2.81. The lowest BCUT2D eigenvalue weighted by Crippen LogP contribution is -2.29. The van der Waals surface area contributed by atoms with Gasteiger partial charge in [-0.3, -0.25) is 10.00 Å². The number of likely N-dealkylation sites (N-methyl/N-ethyl adjacent to an activating group) is 1. The maximum Gasteiger partial charge on any atom is 0.0924 e. The second-order valence-corrected chi connectivity index (χ2v) is 3.88. The molecule has 0 aliphatic heterocycles. The summed E-state index contributed by atoms with van der Waals surface area (Å²) in [5.41, 5.74) is 7.78. The Bertz CT molecular complexity index is 449. The Kier molecular flexibility index (Phi) is 3.54. The van der Waals surface area contributed by atoms with Gasteiger partial charge < -0.3 is 5.73 Å². The molecule has 4 nitrogen and oxygen atoms in total. The summed E-state index contributed by atoms with van der Waals surface area (Å²) in [5.74, 6) is 0. The number of para-hydroxylation sites is 1. The fourth-order valence-corrected chi connectivity index (χ4v) is 1.89. The van der Waals surface area contributed by atoms with Crippen LogP contribution in [-0.4, -0.2) is 34.7 Å². The van der Waals surface area contributed by atoms with Gasteiger partial charge in [0.15, 0.2) is 0 Å². The molecule has 0 radical (unpaired) electrons. The molecular weight excluding hydrogens is 200 g/mol. The highest BCUT2D eigenvalue weighted by atomic mass is 15.2. The van der Waals surface area contributed by atoms with Crippen molar-refractivity contribution in [2.24, 2.45) is 5.73 Å². The van der Waals surface area contributed by atoms with Crippen LogP contribution in [0.15, 0.2) is 24.3 Å². The van der Waals surface area contributed by atoms with Crippen LogP contribution in [0.25, 0.3) is 10.9 Å². The Balaban J connectivity index is 2.20. The SMILES string of the molecule is CCN(CCN)Cc1[nH]nc2ccccc12. The molecule has 0 amide bonds. The number of fused-ring (bicyclic) bond motifs is 1. The highest BCUT2D eigenvalue weighted by Gasteiger charge is 2.08. The van der Waals surface area contributed by atoms with Crippen LogP contribution in [0, 0.1) is 0 Å². The van der Waals surface area contributed by atoms with Gasteiger partial charge in [0.1, 0.15) is 0 Å². The molecule has 86 valence electrons. The predicted molar refractivity (Wildman–Crippen MR) is 66.1 cm³/mol. The molecule has 0 saturated carbocycles. The lowest BCUT2D eigenvalue weighted by molar-refractivity contribution is 0.285. The molecular formula is C12H18N4. The molecule has 1 aromatic heterocycles. The van der Waals surface area contributed by atoms with Gasteiger partial charge in [-0.25, -0.2) is 0 Å². The first-order valence-electron chi connectivity index (χ1n) is 5.69. The maximum absolute atomic E-state index is 5.58. The summed E-state index contributed by atoms with van der Waals surface area (Å²) in [6.07, 6.45) is 0. The zero-order chi connectivity index (χ0) is 11.4. The molecule has 0 spiro atoms. The average molecular weight is 218 g/mol. The smallest absolute Gasteiger partial charge is 0.0924 e. The first kappa shape index (κ1) is 11.1. The molecule has 0 aliphatic rings. The van der Waals surface area contributed by atoms with Crippen LogP contribution in [0.4, 0.5) is 0 Å². The number of nitrogens with two attached hydrogens (primary N) is 1. The Hall–Kier alpha value is -1.39. The van der Waals surface area contributed by atoms with Crippen LogP contribution in [0.2, 0.25) is 0 Å². The molecule has 2 aromatic rings. The summed E-state index contributed by atoms with van der Waals surface area (Å²) in [5, 5.41) is 8.59. The Morgan fingerprint density at radius 2 is 2.19 bits per heavy atom. The monoisotopic (exact) mass is 218 g/mol. The minimum absolute atomic E-state index is 0.694. The van der Waals surface area contributed by atoms with Crippen molar-refractivity contribution in [1.29, 1.82) is 0 Å². The molecule has 2 rings (SSSR count). The molecule has 1 heterocycles. The highest BCUT2D eigenvalue weighted by molar-refractivity contribution is 5.81. The summed E-state index contributed by atoms with van der Waals surface area (Å²) >= 11 is 0. The second kappa shape index (κ2) is 5.09. The summed E-state index contributed by atoms with van der Waals surface area (Å²) in [7, 11) is 0. The quantitative estimate of drug-likeness (QED) is 0.796. The molecule has 0 atom stereocenters. The number of rotatable bonds is 5. The lowest BCUT2D eigenvalue weighted by atomic mass is 10.2. The van der Waals surface area contributed by atoms with Gasteiger partial charge in [-0.05, 0) is 12.6 Å². The van der Waals surface area contributed by atoms with Gasteiger partial charge in [0.25, 0.3) is 0 Å². The van der Waals surface area contributed by atoms with E-state index in [-0.39, 0.29) is 0 Å². The van der Waals surface area contributed by atoms with E-state index < -0.39 is 0 Å². The standard InChI is InChI=1S/C12H18N4/c1-2-16(8-7-13)9-12-10-5-3-4-6-11(10)14-15-12/h3-6H,2,7-9,13H2,1H3,(H,14,15). The molecule has 0 unspecified atom stereocenters. The Morgan fingerprint density at radius 3 is 2.94 bits per heavy atom. The molecule has 0 fully saturated rings. The fraction of sp³-hybridized carbons (Fsp3) is 0.417. The Morgan fingerprint density at radius 1 is 1.38 bits per heavy atom. The van der Waals surface area contributed by atoms with Crippen LogP contribution in [-0.2, 0) is 6.54 Å². The summed E-state index contributed by atoms with van der Waals surface area (Å²) in [4.78, 5) is 2.31. The summed E-state index contributed by atoms with van der Waals surface area (Å²) in [6, 6.07) is 8.17. The molecule has 3 N–H and O–H groups in total. The minimum atomic E-state index is 0.694. The summed E-state index contributed by atoms with van der Waals surface area (Å²) < 4.78 is 0. The van der Waals surface area contributed by atoms with Gasteiger partial charge in [-0.1, -0.05) is 25.1 Å². The number of aromatic amines is 1. The number of aromatic nitrogens is 2. The van der Waals surface area contributed by atoms with E-state index in [1.165, 1.54) is 11.1 Å². The van der Waals surface area contributed by atoms with Crippen molar-refractivity contribution in [3.05, 3.63) is 30.0 Å². The normalized spacial score (nSPS) is 11.4. The number of nitrogens with one attached hydrogen (secondary N) is 1. The number of hydrogen-bond donors (Lipinski definition) is 2. The van der Waals surface area contributed by atoms with E-state index in [9.17, 15) is 0 Å². The number of benzene rings is 1. The Labute approximate surface area is 95.4 Å². The topological polar surface area (TPSA) is 57.9 Å². The van der Waals surface area contributed by atoms with Crippen molar-refractivity contribution in [3.63, 3.8) is 0 Å². The molecule has 0 bridgehead atoms. The van der Waals surface area contributed by atoms with Gasteiger partial charge in [0, 0.05) is 25.0 Å². The van der Waals surface area contributed by atoms with Crippen molar-refractivity contribution < 1.29 is 0 Å². The van der Waals surface area contributed by atoms with E-state index in [1.54, 1.807) is 0 Å². The molecule has 0 aliphatic carbocycles. The predicted octanol–water partition coefficient (Wildman–Crippen LogP) is 1.34. The van der Waals surface area contributed by atoms with Crippen molar-refractivity contribution in [2.45, 2.75) is 13.5 Å². The van der Waals surface area contributed by atoms with Gasteiger partial charge >= 0.3 is 0 Å². The minimum Gasteiger partial charge on any atom is -0.329 e. The van der Waals surface area contributed by atoms with Crippen molar-refractivity contribution in [2.75, 3.05) is 19.6 Å². The van der Waals surface area contributed by atoms with E-state index in [0.717, 1.165) is 25.2 Å². The van der Waals surface area contributed by atoms with E-state index in [1.807, 2.05) is 18.2 Å². The van der Waals surface area contributed by atoms with E-state index >= 15 is 0 Å². The van der Waals surface area contributed by atoms with Crippen LogP contribution in [0.1, 0.15) is 12.6 Å². The van der Waals surface area contributed by atoms with Crippen molar-refractivity contribution >= 4 is 10.9 Å². The number of nitrogens with zero attached hydrogens (tertiary/aromatic N) is 2. The summed E-state index contributed by atoms with van der Waals surface area (Å²) in [6.45, 7) is 5.65. The highest BCUT2D eigenvalue weighted by Crippen LogP contribution is 2.16. The van der Waals surface area contributed by atoms with Gasteiger partial charge in [0.05, 0.1) is 11.2 Å². The number of H-pyrrole nitrogens is 1. The third kappa shape index (κ3) is 2.23. The van der Waals surface area contributed by atoms with Crippen LogP contribution in [0.5, 0.6) is 0 Å². The van der Waals surface area contributed by atoms with Crippen LogP contribution in [0.3, 0.4) is 0 Å². The maximum atomic E-state index is 5.58. The van der Waals surface area contributed by atoms with E-state index in [0.29, 0.717) is 6.54 Å². The first-order chi connectivity index (χ1) is 7.85. The molecule has 16 heavy (non-hydrogen) atoms. The van der Waals surface area contributed by atoms with Crippen molar-refractivity contribution in [1.82, 2.24) is 15.1 Å². The van der Waals surface area contributed by atoms with Gasteiger partial charge in [-0.2, -0.15) is 5.10 Å². The van der Waals surface area contributed by atoms with E-state index in [4.69, 9.17) is 5.73 Å². The second-order valence-electron chi connectivity index (χ2n) is 3.88. The van der Waals surface area contributed by atoms with Gasteiger partial charge in [-0.15, -0.1) is 0 Å². The molecule has 4 heteroatoms. The largest absolute Gasteiger partial charge is 0.329 e. The first-order valence-corrected chi connectivity index (χ1v) is 5.69. The average Bonchev–Trinajstić information content (AvgIpc) is 2.72. The zero-order valence-electron chi connectivity index (χ0n) is 9.61. The van der Waals surface area contributed by atoms with Crippen molar-refractivity contribution in [3.8, 4) is 0 Å². The van der Waals surface area contributed by atoms with Crippen LogP contribution >= 0.6 is 0 Å². The third-order valence-electron chi connectivity index (χ3n) is 2.81. The molecule has 0 saturated heterocycles. The van der Waals surface area contributed by atoms with Crippen LogP contribution < -0.4 is 5.73 Å². The number of hydrogen-bond acceptors (Lipinski definition) is 3. The van der Waals surface area contributed by atoms with Gasteiger partial charge in [0.2, 0.25) is 0 Å². The lowest BCUT2D eigenvalue weighted by Gasteiger charge is -2.18. The van der Waals surface area contributed by atoms with E-state index in [2.05, 4.69) is 28.1 Å². The fourth-order valence-electron chi connectivity index (χ4n) is 1.89.